The number of thioether (sulfide) groups is 1. The van der Waals surface area contributed by atoms with Crippen LogP contribution in [0.3, 0.4) is 0 Å². The van der Waals surface area contributed by atoms with E-state index in [1.807, 2.05) is 0 Å². The summed E-state index contributed by atoms with van der Waals surface area (Å²) >= 11 is 1.55. The van der Waals surface area contributed by atoms with E-state index in [9.17, 15) is 20.1 Å². The predicted octanol–water partition coefficient (Wildman–Crippen LogP) is -1.86. The van der Waals surface area contributed by atoms with Crippen LogP contribution in [-0.2, 0) is 9.53 Å². The zero-order valence-electron chi connectivity index (χ0n) is 12.2. The van der Waals surface area contributed by atoms with Gasteiger partial charge in [0.2, 0.25) is 0 Å². The Morgan fingerprint density at radius 3 is 2.36 bits per heavy atom. The molecule has 6 atom stereocenters. The summed E-state index contributed by atoms with van der Waals surface area (Å²) in [5, 5.41) is 46.9. The lowest BCUT2D eigenvalue weighted by molar-refractivity contribution is -0.230. The van der Waals surface area contributed by atoms with E-state index in [0.717, 1.165) is 5.75 Å². The molecule has 9 heteroatoms. The largest absolute Gasteiger partial charge is 0.480 e. The monoisotopic (exact) mass is 339 g/mol. The van der Waals surface area contributed by atoms with Gasteiger partial charge in [0.15, 0.2) is 0 Å². The molecule has 0 aromatic carbocycles. The molecule has 1 unspecified atom stereocenters. The van der Waals surface area contributed by atoms with E-state index in [2.05, 4.69) is 0 Å². The maximum atomic E-state index is 10.5. The maximum Gasteiger partial charge on any atom is 0.320 e. The van der Waals surface area contributed by atoms with Crippen molar-refractivity contribution in [3.8, 4) is 0 Å². The molecule has 1 saturated heterocycles. The van der Waals surface area contributed by atoms with Crippen LogP contribution in [0.5, 0.6) is 0 Å². The number of aliphatic hydroxyl groups excluding tert-OH is 4. The van der Waals surface area contributed by atoms with E-state index in [4.69, 9.17) is 20.7 Å². The molecule has 0 amide bonds. The third kappa shape index (κ3) is 5.65. The van der Waals surface area contributed by atoms with Crippen LogP contribution in [0.1, 0.15) is 19.3 Å². The van der Waals surface area contributed by atoms with Crippen LogP contribution in [0.4, 0.5) is 0 Å². The third-order valence-electron chi connectivity index (χ3n) is 3.66. The van der Waals surface area contributed by atoms with Crippen LogP contribution < -0.4 is 5.73 Å². The lowest BCUT2D eigenvalue weighted by atomic mass is 9.93. The number of carboxylic acids is 1. The molecule has 1 rings (SSSR count). The summed E-state index contributed by atoms with van der Waals surface area (Å²) in [5.41, 5.74) is 5.38. The quantitative estimate of drug-likeness (QED) is 0.265. The molecule has 22 heavy (non-hydrogen) atoms. The van der Waals surface area contributed by atoms with E-state index in [1.54, 1.807) is 11.8 Å². The highest BCUT2D eigenvalue weighted by Gasteiger charge is 2.42. The first-order chi connectivity index (χ1) is 10.4. The van der Waals surface area contributed by atoms with Crippen LogP contribution in [0.25, 0.3) is 0 Å². The van der Waals surface area contributed by atoms with Crippen LogP contribution >= 0.6 is 11.8 Å². The third-order valence-corrected chi connectivity index (χ3v) is 4.76. The number of ether oxygens (including phenoxy) is 1. The molecule has 1 aliphatic rings. The zero-order chi connectivity index (χ0) is 16.7. The van der Waals surface area contributed by atoms with Gasteiger partial charge in [-0.25, -0.2) is 0 Å². The summed E-state index contributed by atoms with van der Waals surface area (Å²) in [5.74, 6) is 0.352. The highest BCUT2D eigenvalue weighted by molar-refractivity contribution is 7.99. The molecule has 0 aliphatic carbocycles. The summed E-state index contributed by atoms with van der Waals surface area (Å²) in [4.78, 5) is 10.5. The molecule has 8 nitrogen and oxygen atoms in total. The average Bonchev–Trinajstić information content (AvgIpc) is 2.49. The first-order valence-electron chi connectivity index (χ1n) is 7.25. The molecule has 1 heterocycles. The topological polar surface area (TPSA) is 153 Å². The predicted molar refractivity (Wildman–Crippen MR) is 80.6 cm³/mol. The van der Waals surface area contributed by atoms with Crippen molar-refractivity contribution in [1.29, 1.82) is 0 Å². The highest BCUT2D eigenvalue weighted by atomic mass is 32.2. The van der Waals surface area contributed by atoms with Gasteiger partial charge < -0.3 is 36.0 Å². The lowest BCUT2D eigenvalue weighted by Crippen LogP contribution is -2.58. The molecule has 0 aromatic heterocycles. The molecule has 0 saturated carbocycles. The fraction of sp³-hybridized carbons (Fsp3) is 0.923. The van der Waals surface area contributed by atoms with Gasteiger partial charge in [-0.1, -0.05) is 0 Å². The number of carboxylic acid groups (broad SMARTS) is 1. The van der Waals surface area contributed by atoms with Crippen LogP contribution in [0.2, 0.25) is 0 Å². The van der Waals surface area contributed by atoms with E-state index in [1.165, 1.54) is 0 Å². The summed E-state index contributed by atoms with van der Waals surface area (Å²) in [6.45, 7) is -0.427. The number of rotatable bonds is 9. The molecule has 0 radical (unpaired) electrons. The Hall–Kier alpha value is -0.420. The minimum atomic E-state index is -1.34. The standard InChI is InChI=1S/C13H25NO7S/c14-7(13(19)20)3-5-22-4-1-2-8-10(16)12(18)11(17)9(6-15)21-8/h7-12,15-18H,1-6,14H2,(H,19,20)/t7-,8?,9+,10-,11+,12+/m0/s1. The molecule has 130 valence electrons. The molecule has 1 fully saturated rings. The Morgan fingerprint density at radius 1 is 1.14 bits per heavy atom. The molecule has 0 spiro atoms. The Labute approximate surface area is 133 Å². The first-order valence-corrected chi connectivity index (χ1v) is 8.40. The summed E-state index contributed by atoms with van der Waals surface area (Å²) < 4.78 is 5.39. The van der Waals surface area contributed by atoms with Gasteiger partial charge in [0.25, 0.3) is 0 Å². The first kappa shape index (κ1) is 19.6. The molecule has 0 bridgehead atoms. The molecule has 0 aromatic rings. The molecule has 1 aliphatic heterocycles. The fourth-order valence-electron chi connectivity index (χ4n) is 2.24. The van der Waals surface area contributed by atoms with Gasteiger partial charge in [0.05, 0.1) is 12.7 Å². The zero-order valence-corrected chi connectivity index (χ0v) is 13.1. The Kier molecular flexibility index (Phi) is 8.62. The van der Waals surface area contributed by atoms with Crippen LogP contribution in [0, 0.1) is 0 Å². The van der Waals surface area contributed by atoms with Gasteiger partial charge in [-0.15, -0.1) is 0 Å². The van der Waals surface area contributed by atoms with Gasteiger partial charge in [0, 0.05) is 0 Å². The number of carbonyl (C=O) groups is 1. The van der Waals surface area contributed by atoms with E-state index >= 15 is 0 Å². The van der Waals surface area contributed by atoms with Crippen LogP contribution in [-0.4, -0.2) is 86.2 Å². The number of hydrogen-bond donors (Lipinski definition) is 6. The van der Waals surface area contributed by atoms with Gasteiger partial charge in [-0.05, 0) is 30.8 Å². The highest BCUT2D eigenvalue weighted by Crippen LogP contribution is 2.24. The molecular weight excluding hydrogens is 314 g/mol. The normalized spacial score (nSPS) is 33.6. The van der Waals surface area contributed by atoms with Crippen molar-refractivity contribution < 1.29 is 35.1 Å². The van der Waals surface area contributed by atoms with Crippen molar-refractivity contribution in [3.05, 3.63) is 0 Å². The van der Waals surface area contributed by atoms with Crippen molar-refractivity contribution >= 4 is 17.7 Å². The van der Waals surface area contributed by atoms with Gasteiger partial charge in [0.1, 0.15) is 30.5 Å². The second-order valence-electron chi connectivity index (χ2n) is 5.36. The second kappa shape index (κ2) is 9.66. The summed E-state index contributed by atoms with van der Waals surface area (Å²) in [6, 6.07) is -0.849. The number of aliphatic hydroxyl groups is 4. The Balaban J connectivity index is 2.22. The Morgan fingerprint density at radius 2 is 1.77 bits per heavy atom. The molecular formula is C13H25NO7S. The maximum absolute atomic E-state index is 10.5. The van der Waals surface area contributed by atoms with Crippen molar-refractivity contribution in [3.63, 3.8) is 0 Å². The van der Waals surface area contributed by atoms with Crippen molar-refractivity contribution in [1.82, 2.24) is 0 Å². The van der Waals surface area contributed by atoms with Crippen LogP contribution in [0.15, 0.2) is 0 Å². The van der Waals surface area contributed by atoms with Gasteiger partial charge in [-0.3, -0.25) is 4.79 Å². The molecule has 7 N–H and O–H groups in total. The van der Waals surface area contributed by atoms with E-state index < -0.39 is 49.1 Å². The summed E-state index contributed by atoms with van der Waals surface area (Å²) in [7, 11) is 0. The number of hydrogen-bond acceptors (Lipinski definition) is 8. The van der Waals surface area contributed by atoms with Gasteiger partial charge >= 0.3 is 5.97 Å². The van der Waals surface area contributed by atoms with Gasteiger partial charge in [-0.2, -0.15) is 11.8 Å². The average molecular weight is 339 g/mol. The second-order valence-corrected chi connectivity index (χ2v) is 6.58. The fourth-order valence-corrected chi connectivity index (χ4v) is 3.24. The SMILES string of the molecule is N[C@@H](CCSCCCC1O[C@H](CO)[C@@H](O)[C@H](O)[C@H]1O)C(=O)O. The minimum absolute atomic E-state index is 0.389. The number of nitrogens with two attached hydrogens (primary N) is 1. The Bertz CT molecular complexity index is 344. The van der Waals surface area contributed by atoms with Crippen molar-refractivity contribution in [2.24, 2.45) is 5.73 Å². The lowest BCUT2D eigenvalue weighted by Gasteiger charge is -2.40. The van der Waals surface area contributed by atoms with Crippen molar-refractivity contribution in [2.45, 2.75) is 55.8 Å². The number of aliphatic carboxylic acids is 1. The van der Waals surface area contributed by atoms with E-state index in [0.29, 0.717) is 25.0 Å². The minimum Gasteiger partial charge on any atom is -0.480 e. The summed E-state index contributed by atoms with van der Waals surface area (Å²) in [6.07, 6.45) is -3.82. The smallest absolute Gasteiger partial charge is 0.320 e. The van der Waals surface area contributed by atoms with E-state index in [-0.39, 0.29) is 0 Å². The van der Waals surface area contributed by atoms with Crippen molar-refractivity contribution in [2.75, 3.05) is 18.1 Å².